The fourth-order valence-corrected chi connectivity index (χ4v) is 4.91. The Hall–Kier alpha value is 0. The van der Waals surface area contributed by atoms with Crippen molar-refractivity contribution in [1.29, 1.82) is 0 Å². The largest absolute Gasteiger partial charge is 0.0654 e. The van der Waals surface area contributed by atoms with Crippen molar-refractivity contribution in [2.24, 2.45) is 17.3 Å². The lowest BCUT2D eigenvalue weighted by atomic mass is 9.56. The van der Waals surface area contributed by atoms with E-state index in [1.165, 1.54) is 51.4 Å². The molecule has 2 fully saturated rings. The van der Waals surface area contributed by atoms with Gasteiger partial charge in [0.2, 0.25) is 0 Å². The van der Waals surface area contributed by atoms with Gasteiger partial charge in [0.15, 0.2) is 0 Å². The molecule has 2 aliphatic carbocycles. The van der Waals surface area contributed by atoms with Crippen molar-refractivity contribution in [3.8, 4) is 0 Å². The molecule has 0 amide bonds. The normalized spacial score (nSPS) is 27.9. The first kappa shape index (κ1) is 13.4. The topological polar surface area (TPSA) is 0 Å². The number of hydrogen-bond donors (Lipinski definition) is 0. The summed E-state index contributed by atoms with van der Waals surface area (Å²) in [5, 5.41) is 0. The molecule has 17 heavy (non-hydrogen) atoms. The van der Waals surface area contributed by atoms with Gasteiger partial charge in [-0.1, -0.05) is 65.2 Å². The molecule has 0 saturated heterocycles. The quantitative estimate of drug-likeness (QED) is 0.565. The second-order valence-corrected chi connectivity index (χ2v) is 6.82. The lowest BCUT2D eigenvalue weighted by Crippen LogP contribution is -2.40. The monoisotopic (exact) mass is 236 g/mol. The number of rotatable bonds is 4. The van der Waals surface area contributed by atoms with Gasteiger partial charge in [-0.2, -0.15) is 0 Å². The van der Waals surface area contributed by atoms with Gasteiger partial charge in [0.05, 0.1) is 0 Å². The maximum Gasteiger partial charge on any atom is -0.0244 e. The first-order valence-electron chi connectivity index (χ1n) is 8.29. The van der Waals surface area contributed by atoms with Gasteiger partial charge in [-0.3, -0.25) is 0 Å². The molecule has 0 aromatic rings. The van der Waals surface area contributed by atoms with E-state index in [2.05, 4.69) is 13.8 Å². The average Bonchev–Trinajstić information content (AvgIpc) is 2.41. The third-order valence-corrected chi connectivity index (χ3v) is 5.91. The average molecular weight is 236 g/mol. The smallest absolute Gasteiger partial charge is 0.0244 e. The van der Waals surface area contributed by atoms with E-state index in [4.69, 9.17) is 0 Å². The Morgan fingerprint density at radius 1 is 0.941 bits per heavy atom. The summed E-state index contributed by atoms with van der Waals surface area (Å²) < 4.78 is 0. The van der Waals surface area contributed by atoms with Crippen molar-refractivity contribution >= 4 is 0 Å². The highest BCUT2D eigenvalue weighted by Crippen LogP contribution is 2.53. The van der Waals surface area contributed by atoms with Crippen molar-refractivity contribution in [2.75, 3.05) is 0 Å². The van der Waals surface area contributed by atoms with Crippen LogP contribution in [0.5, 0.6) is 0 Å². The van der Waals surface area contributed by atoms with Crippen molar-refractivity contribution in [3.63, 3.8) is 0 Å². The summed E-state index contributed by atoms with van der Waals surface area (Å²) >= 11 is 0. The first-order valence-corrected chi connectivity index (χ1v) is 8.29. The summed E-state index contributed by atoms with van der Waals surface area (Å²) in [5.41, 5.74) is 0.759. The van der Waals surface area contributed by atoms with Gasteiger partial charge in [0.1, 0.15) is 0 Å². The maximum atomic E-state index is 2.57. The Morgan fingerprint density at radius 2 is 1.53 bits per heavy atom. The molecule has 0 aromatic heterocycles. The Labute approximate surface area is 109 Å². The van der Waals surface area contributed by atoms with Crippen LogP contribution in [-0.2, 0) is 0 Å². The van der Waals surface area contributed by atoms with Crippen molar-refractivity contribution in [3.05, 3.63) is 0 Å². The zero-order valence-electron chi connectivity index (χ0n) is 12.1. The van der Waals surface area contributed by atoms with E-state index >= 15 is 0 Å². The molecule has 2 rings (SSSR count). The van der Waals surface area contributed by atoms with Crippen LogP contribution >= 0.6 is 0 Å². The number of hydrogen-bond acceptors (Lipinski definition) is 0. The minimum absolute atomic E-state index is 0.759. The zero-order chi connectivity index (χ0) is 12.1. The second kappa shape index (κ2) is 6.25. The summed E-state index contributed by atoms with van der Waals surface area (Å²) in [6.07, 6.45) is 18.2. The summed E-state index contributed by atoms with van der Waals surface area (Å²) in [5.74, 6) is 2.06. The summed E-state index contributed by atoms with van der Waals surface area (Å²) in [7, 11) is 0. The molecule has 2 aliphatic rings. The summed E-state index contributed by atoms with van der Waals surface area (Å²) in [4.78, 5) is 0. The predicted octanol–water partition coefficient (Wildman–Crippen LogP) is 5.95. The molecule has 0 N–H and O–H groups in total. The van der Waals surface area contributed by atoms with Crippen molar-refractivity contribution < 1.29 is 0 Å². The van der Waals surface area contributed by atoms with E-state index < -0.39 is 0 Å². The van der Waals surface area contributed by atoms with Crippen molar-refractivity contribution in [1.82, 2.24) is 0 Å². The highest BCUT2D eigenvalue weighted by atomic mass is 14.5. The van der Waals surface area contributed by atoms with E-state index in [0.29, 0.717) is 0 Å². The van der Waals surface area contributed by atoms with Gasteiger partial charge in [-0.15, -0.1) is 0 Å². The molecule has 0 heterocycles. The third-order valence-electron chi connectivity index (χ3n) is 5.91. The third kappa shape index (κ3) is 2.88. The zero-order valence-corrected chi connectivity index (χ0v) is 12.1. The Kier molecular flexibility index (Phi) is 4.94. The molecule has 2 saturated carbocycles. The van der Waals surface area contributed by atoms with Crippen LogP contribution in [0.2, 0.25) is 0 Å². The highest BCUT2D eigenvalue weighted by Gasteiger charge is 2.43. The van der Waals surface area contributed by atoms with E-state index in [9.17, 15) is 0 Å². The van der Waals surface area contributed by atoms with Gasteiger partial charge >= 0.3 is 0 Å². The molecule has 0 bridgehead atoms. The van der Waals surface area contributed by atoms with Gasteiger partial charge in [0, 0.05) is 0 Å². The second-order valence-electron chi connectivity index (χ2n) is 6.82. The molecule has 1 unspecified atom stereocenters. The van der Waals surface area contributed by atoms with Gasteiger partial charge in [0.25, 0.3) is 0 Å². The fourth-order valence-electron chi connectivity index (χ4n) is 4.91. The molecule has 100 valence electrons. The van der Waals surface area contributed by atoms with E-state index in [0.717, 1.165) is 17.3 Å². The van der Waals surface area contributed by atoms with E-state index in [-0.39, 0.29) is 0 Å². The Morgan fingerprint density at radius 3 is 2.12 bits per heavy atom. The molecule has 0 aliphatic heterocycles. The molecular formula is C17H32. The highest BCUT2D eigenvalue weighted by molar-refractivity contribution is 4.93. The molecular weight excluding hydrogens is 204 g/mol. The summed E-state index contributed by atoms with van der Waals surface area (Å²) in [6.45, 7) is 4.94. The molecule has 0 spiro atoms. The predicted molar refractivity (Wildman–Crippen MR) is 76.2 cm³/mol. The molecule has 1 atom stereocenters. The van der Waals surface area contributed by atoms with Crippen LogP contribution in [0.15, 0.2) is 0 Å². The lowest BCUT2D eigenvalue weighted by Gasteiger charge is -2.50. The molecule has 0 nitrogen and oxygen atoms in total. The van der Waals surface area contributed by atoms with Crippen LogP contribution < -0.4 is 0 Å². The summed E-state index contributed by atoms with van der Waals surface area (Å²) in [6, 6.07) is 0. The minimum atomic E-state index is 0.759. The maximum absolute atomic E-state index is 2.57. The van der Waals surface area contributed by atoms with Crippen LogP contribution in [0.1, 0.15) is 90.9 Å². The minimum Gasteiger partial charge on any atom is -0.0654 e. The van der Waals surface area contributed by atoms with Crippen LogP contribution in [0.25, 0.3) is 0 Å². The van der Waals surface area contributed by atoms with Gasteiger partial charge < -0.3 is 0 Å². The van der Waals surface area contributed by atoms with Crippen LogP contribution in [0.4, 0.5) is 0 Å². The van der Waals surface area contributed by atoms with E-state index in [1.807, 2.05) is 0 Å². The van der Waals surface area contributed by atoms with E-state index in [1.54, 1.807) is 25.7 Å². The van der Waals surface area contributed by atoms with Crippen molar-refractivity contribution in [2.45, 2.75) is 90.9 Å². The van der Waals surface area contributed by atoms with Crippen LogP contribution in [0, 0.1) is 17.3 Å². The molecule has 0 aromatic carbocycles. The lowest BCUT2D eigenvalue weighted by molar-refractivity contribution is 0.00747. The Bertz CT molecular complexity index is 206. The molecule has 0 radical (unpaired) electrons. The van der Waals surface area contributed by atoms with Gasteiger partial charge in [-0.05, 0) is 42.9 Å². The van der Waals surface area contributed by atoms with Crippen LogP contribution in [0.3, 0.4) is 0 Å². The standard InChI is InChI=1S/C17H32/c1-3-10-15(2)17(13-8-5-9-14-17)16-11-6-4-7-12-16/h15-16H,3-14H2,1-2H3. The van der Waals surface area contributed by atoms with Crippen LogP contribution in [-0.4, -0.2) is 0 Å². The first-order chi connectivity index (χ1) is 8.29. The SMILES string of the molecule is CCCC(C)C1(C2CCCCC2)CCCCC1. The van der Waals surface area contributed by atoms with Gasteiger partial charge in [-0.25, -0.2) is 0 Å². The Balaban J connectivity index is 2.09. The molecule has 0 heteroatoms. The fraction of sp³-hybridized carbons (Fsp3) is 1.00.